The molecule has 0 amide bonds. The molecule has 0 radical (unpaired) electrons. The van der Waals surface area contributed by atoms with E-state index in [2.05, 4.69) is 0 Å². The second kappa shape index (κ2) is 9.24. The molecule has 2 aromatic carbocycles. The average Bonchev–Trinajstić information content (AvgIpc) is 3.26. The molecule has 192 valence electrons. The van der Waals surface area contributed by atoms with Crippen molar-refractivity contribution in [3.63, 3.8) is 0 Å². The third kappa shape index (κ3) is 4.56. The van der Waals surface area contributed by atoms with Crippen LogP contribution in [0.15, 0.2) is 46.3 Å². The van der Waals surface area contributed by atoms with Gasteiger partial charge in [-0.3, -0.25) is 9.11 Å². The van der Waals surface area contributed by atoms with E-state index in [0.29, 0.717) is 30.3 Å². The molecule has 0 bridgehead atoms. The van der Waals surface area contributed by atoms with Gasteiger partial charge in [-0.05, 0) is 36.0 Å². The van der Waals surface area contributed by atoms with E-state index >= 15 is 0 Å². The lowest BCUT2D eigenvalue weighted by Crippen LogP contribution is -2.66. The van der Waals surface area contributed by atoms with Gasteiger partial charge in [-0.2, -0.15) is 21.4 Å². The van der Waals surface area contributed by atoms with Gasteiger partial charge in [0.1, 0.15) is 10.4 Å². The summed E-state index contributed by atoms with van der Waals surface area (Å²) in [5.74, 6) is 0.249. The maximum absolute atomic E-state index is 12.4. The van der Waals surface area contributed by atoms with E-state index < -0.39 is 25.6 Å². The van der Waals surface area contributed by atoms with Gasteiger partial charge in [0.25, 0.3) is 15.1 Å². The number of rotatable bonds is 7. The molecule has 3 heterocycles. The smallest absolute Gasteiger partial charge is 0.320 e. The molecule has 9 nitrogen and oxygen atoms in total. The molecule has 1 saturated heterocycles. The first kappa shape index (κ1) is 25.9. The second-order valence-electron chi connectivity index (χ2n) is 8.61. The van der Waals surface area contributed by atoms with Gasteiger partial charge in [0.2, 0.25) is 10.9 Å². The minimum atomic E-state index is -4.35. The lowest BCUT2D eigenvalue weighted by Gasteiger charge is -2.47. The first-order valence-electron chi connectivity index (χ1n) is 10.9. The Morgan fingerprint density at radius 1 is 1.19 bits per heavy atom. The number of hydrogen-bond donors (Lipinski definition) is 2. The number of quaternary nitrogens is 1. The molecule has 2 aliphatic heterocycles. The third-order valence-electron chi connectivity index (χ3n) is 6.49. The lowest BCUT2D eigenvalue weighted by atomic mass is 10.1. The zero-order valence-corrected chi connectivity index (χ0v) is 23.0. The standard InChI is InChI=1S/C22H21ClN2O7S4/c1-32-15-4-6-18-16(12-15)24(8-2-10-35(26,27)28)20(33-18)13-21-25(9-7-22(25)36(29,30)31)17-11-14(23)3-5-19(17)34-21/h3-6,11-13,22H,2,7-10H2,1H3/p+2. The predicted octanol–water partition coefficient (Wildman–Crippen LogP) is 4.16. The van der Waals surface area contributed by atoms with Crippen molar-refractivity contribution in [2.75, 3.05) is 19.4 Å². The third-order valence-corrected chi connectivity index (χ3v) is 11.1. The largest absolute Gasteiger partial charge is 0.497 e. The number of ether oxygens (including phenoxy) is 1. The van der Waals surface area contributed by atoms with Crippen LogP contribution in [0.1, 0.15) is 17.8 Å². The van der Waals surface area contributed by atoms with E-state index in [1.165, 1.54) is 23.1 Å². The van der Waals surface area contributed by atoms with Crippen molar-refractivity contribution < 1.29 is 35.2 Å². The van der Waals surface area contributed by atoms with Crippen LogP contribution in [-0.2, 0) is 26.8 Å². The van der Waals surface area contributed by atoms with Gasteiger partial charge < -0.3 is 4.74 Å². The van der Waals surface area contributed by atoms with Crippen molar-refractivity contribution in [1.29, 1.82) is 0 Å². The van der Waals surface area contributed by atoms with Crippen LogP contribution in [-0.4, -0.2) is 50.7 Å². The van der Waals surface area contributed by atoms with E-state index in [1.54, 1.807) is 19.2 Å². The van der Waals surface area contributed by atoms with Crippen LogP contribution in [0.2, 0.25) is 5.02 Å². The van der Waals surface area contributed by atoms with Crippen LogP contribution in [0.3, 0.4) is 0 Å². The zero-order chi connectivity index (χ0) is 25.9. The summed E-state index contributed by atoms with van der Waals surface area (Å²) < 4.78 is 74.8. The SMILES string of the molecule is COc1ccc2sc(C=C3Sc4ccc(Cl)cc4[N+]34CCC4S(=O)(=O)O)[n+](CCCS(=O)(=O)O)c2c1. The Morgan fingerprint density at radius 3 is 2.61 bits per heavy atom. The number of thiazole rings is 1. The van der Waals surface area contributed by atoms with Gasteiger partial charge in [0, 0.05) is 17.5 Å². The van der Waals surface area contributed by atoms with Crippen molar-refractivity contribution >= 4 is 76.9 Å². The Hall–Kier alpha value is -1.71. The summed E-state index contributed by atoms with van der Waals surface area (Å²) in [6.07, 6.45) is 2.39. The number of aryl methyl sites for hydroxylation is 1. The van der Waals surface area contributed by atoms with Gasteiger partial charge >= 0.3 is 10.1 Å². The molecule has 36 heavy (non-hydrogen) atoms. The normalized spacial score (nSPS) is 22.8. The Kier molecular flexibility index (Phi) is 6.65. The fraction of sp³-hybridized carbons (Fsp3) is 0.318. The molecule has 2 unspecified atom stereocenters. The number of aromatic nitrogens is 1. The number of halogens is 1. The molecule has 1 spiro atoms. The van der Waals surface area contributed by atoms with E-state index in [9.17, 15) is 25.9 Å². The molecular weight excluding hydrogens is 568 g/mol. The molecule has 3 aromatic rings. The highest BCUT2D eigenvalue weighted by molar-refractivity contribution is 8.03. The minimum Gasteiger partial charge on any atom is -0.497 e. The quantitative estimate of drug-likeness (QED) is 0.239. The first-order valence-corrected chi connectivity index (χ1v) is 16.0. The Balaban J connectivity index is 1.66. The van der Waals surface area contributed by atoms with Crippen LogP contribution in [0, 0.1) is 0 Å². The first-order chi connectivity index (χ1) is 16.9. The topological polar surface area (TPSA) is 122 Å². The van der Waals surface area contributed by atoms with Gasteiger partial charge in [-0.1, -0.05) is 22.9 Å². The number of fused-ring (bicyclic) bond motifs is 3. The predicted molar refractivity (Wildman–Crippen MR) is 142 cm³/mol. The number of benzene rings is 2. The summed E-state index contributed by atoms with van der Waals surface area (Å²) in [5.41, 5.74) is 1.56. The summed E-state index contributed by atoms with van der Waals surface area (Å²) in [5, 5.41) is 0.929. The van der Waals surface area contributed by atoms with Gasteiger partial charge in [0.05, 0.1) is 42.9 Å². The van der Waals surface area contributed by atoms with Crippen molar-refractivity contribution in [2.45, 2.75) is 29.7 Å². The highest BCUT2D eigenvalue weighted by Crippen LogP contribution is 2.58. The van der Waals surface area contributed by atoms with Gasteiger partial charge in [-0.25, -0.2) is 4.48 Å². The molecule has 2 atom stereocenters. The van der Waals surface area contributed by atoms with E-state index in [-0.39, 0.29) is 16.7 Å². The molecule has 2 N–H and O–H groups in total. The van der Waals surface area contributed by atoms with Crippen LogP contribution in [0.4, 0.5) is 5.69 Å². The molecule has 5 rings (SSSR count). The maximum atomic E-state index is 12.4. The molecule has 0 saturated carbocycles. The fourth-order valence-electron chi connectivity index (χ4n) is 4.80. The number of thioether (sulfide) groups is 1. The summed E-state index contributed by atoms with van der Waals surface area (Å²) in [7, 11) is -6.91. The van der Waals surface area contributed by atoms with Crippen molar-refractivity contribution in [3.05, 3.63) is 51.5 Å². The van der Waals surface area contributed by atoms with Crippen molar-refractivity contribution in [2.24, 2.45) is 0 Å². The highest BCUT2D eigenvalue weighted by atomic mass is 35.5. The van der Waals surface area contributed by atoms with Crippen molar-refractivity contribution in [3.8, 4) is 5.75 Å². The summed E-state index contributed by atoms with van der Waals surface area (Å²) in [6, 6.07) is 10.9. The highest BCUT2D eigenvalue weighted by Gasteiger charge is 2.62. The van der Waals surface area contributed by atoms with E-state index in [1.807, 2.05) is 34.9 Å². The van der Waals surface area contributed by atoms with Crippen molar-refractivity contribution in [1.82, 2.24) is 4.48 Å². The second-order valence-corrected chi connectivity index (χ2v) is 14.3. The number of hydrogen-bond acceptors (Lipinski definition) is 7. The minimum absolute atomic E-state index is 0.0397. The Labute approximate surface area is 222 Å². The van der Waals surface area contributed by atoms with Crippen LogP contribution in [0.25, 0.3) is 16.3 Å². The Bertz CT molecular complexity index is 1620. The van der Waals surface area contributed by atoms with E-state index in [0.717, 1.165) is 30.8 Å². The average molecular weight is 591 g/mol. The summed E-state index contributed by atoms with van der Waals surface area (Å²) in [6.45, 7) is 0.787. The summed E-state index contributed by atoms with van der Waals surface area (Å²) >= 11 is 9.17. The monoisotopic (exact) mass is 590 g/mol. The zero-order valence-electron chi connectivity index (χ0n) is 19.0. The lowest BCUT2D eigenvalue weighted by molar-refractivity contribution is -0.668. The molecular formula is C22H23ClN2O7S4+2. The molecule has 2 aliphatic rings. The van der Waals surface area contributed by atoms with Gasteiger partial charge in [-0.15, -0.1) is 0 Å². The van der Waals surface area contributed by atoms with Crippen LogP contribution in [0.5, 0.6) is 5.75 Å². The molecule has 1 fully saturated rings. The maximum Gasteiger partial charge on any atom is 0.320 e. The van der Waals surface area contributed by atoms with Gasteiger partial charge in [0.15, 0.2) is 17.3 Å². The molecule has 1 aromatic heterocycles. The summed E-state index contributed by atoms with van der Waals surface area (Å²) in [4.78, 5) is 0.861. The Morgan fingerprint density at radius 2 is 1.97 bits per heavy atom. The van der Waals surface area contributed by atoms with E-state index in [4.69, 9.17) is 16.3 Å². The number of methoxy groups -OCH3 is 1. The fourth-order valence-corrected chi connectivity index (χ4v) is 9.24. The van der Waals surface area contributed by atoms with Crippen LogP contribution >= 0.6 is 34.7 Å². The number of nitrogens with zero attached hydrogens (tertiary/aromatic N) is 2. The molecule has 0 aliphatic carbocycles. The molecule has 14 heteroatoms. The van der Waals surface area contributed by atoms with Crippen LogP contribution < -0.4 is 13.8 Å².